The average molecular weight is 485 g/mol. The minimum absolute atomic E-state index is 0.0787. The molecule has 1 aliphatic heterocycles. The molecule has 184 valence electrons. The van der Waals surface area contributed by atoms with Gasteiger partial charge in [0.2, 0.25) is 5.91 Å². The normalized spacial score (nSPS) is 16.4. The van der Waals surface area contributed by atoms with Gasteiger partial charge in [0.25, 0.3) is 0 Å². The van der Waals surface area contributed by atoms with Gasteiger partial charge in [-0.3, -0.25) is 9.69 Å². The fourth-order valence-electron chi connectivity index (χ4n) is 4.91. The summed E-state index contributed by atoms with van der Waals surface area (Å²) < 4.78 is 53.6. The number of halogens is 3. The van der Waals surface area contributed by atoms with Crippen molar-refractivity contribution in [2.75, 3.05) is 20.8 Å². The number of methoxy groups -OCH3 is 2. The van der Waals surface area contributed by atoms with Crippen LogP contribution < -0.4 is 15.2 Å². The number of hydrogen-bond donors (Lipinski definition) is 1. The molecule has 0 aliphatic carbocycles. The van der Waals surface area contributed by atoms with Gasteiger partial charge >= 0.3 is 0 Å². The number of amides is 1. The molecule has 1 aliphatic rings. The maximum Gasteiger partial charge on any atom is 0.239 e. The van der Waals surface area contributed by atoms with Gasteiger partial charge in [0, 0.05) is 18.2 Å². The summed E-state index contributed by atoms with van der Waals surface area (Å²) in [5.74, 6) is -2.59. The second kappa shape index (κ2) is 10.4. The Bertz CT molecular complexity index is 1220. The van der Waals surface area contributed by atoms with Crippen molar-refractivity contribution >= 4 is 5.91 Å². The van der Waals surface area contributed by atoms with E-state index in [1.165, 1.54) is 7.11 Å². The molecule has 0 saturated carbocycles. The van der Waals surface area contributed by atoms with Crippen molar-refractivity contribution in [3.05, 3.63) is 94.3 Å². The van der Waals surface area contributed by atoms with E-state index in [1.54, 1.807) is 7.11 Å². The molecule has 0 aromatic heterocycles. The largest absolute Gasteiger partial charge is 0.493 e. The molecule has 35 heavy (non-hydrogen) atoms. The maximum atomic E-state index is 14.4. The van der Waals surface area contributed by atoms with E-state index in [-0.39, 0.29) is 18.4 Å². The highest BCUT2D eigenvalue weighted by Gasteiger charge is 2.37. The topological polar surface area (TPSA) is 64.8 Å². The van der Waals surface area contributed by atoms with Gasteiger partial charge in [-0.1, -0.05) is 30.3 Å². The number of ether oxygens (including phenoxy) is 2. The molecule has 3 aromatic carbocycles. The Morgan fingerprint density at radius 2 is 1.69 bits per heavy atom. The predicted octanol–water partition coefficient (Wildman–Crippen LogP) is 4.88. The molecule has 0 saturated heterocycles. The van der Waals surface area contributed by atoms with Crippen LogP contribution >= 0.6 is 0 Å². The van der Waals surface area contributed by atoms with E-state index in [0.717, 1.165) is 28.8 Å². The Morgan fingerprint density at radius 3 is 2.34 bits per heavy atom. The van der Waals surface area contributed by atoms with E-state index >= 15 is 0 Å². The molecule has 1 heterocycles. The van der Waals surface area contributed by atoms with Crippen LogP contribution in [0.25, 0.3) is 0 Å². The number of carbonyl (C=O) groups excluding carboxylic acids is 1. The second-order valence-electron chi connectivity index (χ2n) is 8.49. The summed E-state index contributed by atoms with van der Waals surface area (Å²) in [5.41, 5.74) is 8.07. The monoisotopic (exact) mass is 484 g/mol. The van der Waals surface area contributed by atoms with Crippen LogP contribution in [0.2, 0.25) is 0 Å². The van der Waals surface area contributed by atoms with Crippen molar-refractivity contribution in [2.45, 2.75) is 31.3 Å². The van der Waals surface area contributed by atoms with E-state index in [2.05, 4.69) is 0 Å². The summed E-state index contributed by atoms with van der Waals surface area (Å²) in [6.45, 7) is 0.476. The first-order chi connectivity index (χ1) is 16.8. The Labute approximate surface area is 202 Å². The van der Waals surface area contributed by atoms with Gasteiger partial charge in [-0.15, -0.1) is 0 Å². The third-order valence-corrected chi connectivity index (χ3v) is 6.57. The van der Waals surface area contributed by atoms with Crippen LogP contribution in [0.3, 0.4) is 0 Å². The smallest absolute Gasteiger partial charge is 0.239 e. The van der Waals surface area contributed by atoms with E-state index in [4.69, 9.17) is 15.2 Å². The van der Waals surface area contributed by atoms with Gasteiger partial charge < -0.3 is 15.2 Å². The molecule has 0 bridgehead atoms. The number of nitrogens with zero attached hydrogens (tertiary/aromatic N) is 1. The summed E-state index contributed by atoms with van der Waals surface area (Å²) in [6, 6.07) is 13.3. The zero-order valence-corrected chi connectivity index (χ0v) is 19.6. The molecule has 8 heteroatoms. The number of fused-ring (bicyclic) bond motifs is 1. The number of nitrogens with two attached hydrogens (primary N) is 1. The molecule has 0 fully saturated rings. The van der Waals surface area contributed by atoms with Crippen molar-refractivity contribution in [1.82, 2.24) is 4.90 Å². The Hall–Kier alpha value is -3.52. The Morgan fingerprint density at radius 1 is 1.03 bits per heavy atom. The quantitative estimate of drug-likeness (QED) is 0.463. The fourth-order valence-corrected chi connectivity index (χ4v) is 4.91. The van der Waals surface area contributed by atoms with Gasteiger partial charge in [0.1, 0.15) is 11.9 Å². The van der Waals surface area contributed by atoms with Crippen molar-refractivity contribution in [2.24, 2.45) is 5.73 Å². The molecular weight excluding hydrogens is 457 g/mol. The first-order valence-electron chi connectivity index (χ1n) is 11.3. The molecule has 3 aromatic rings. The molecular formula is C27H27F3N2O3. The molecule has 2 atom stereocenters. The molecule has 0 radical (unpaired) electrons. The number of primary amides is 1. The van der Waals surface area contributed by atoms with Crippen molar-refractivity contribution in [1.29, 1.82) is 0 Å². The zero-order chi connectivity index (χ0) is 25.1. The zero-order valence-electron chi connectivity index (χ0n) is 19.6. The van der Waals surface area contributed by atoms with Crippen molar-refractivity contribution in [3.63, 3.8) is 0 Å². The molecule has 2 N–H and O–H groups in total. The highest BCUT2D eigenvalue weighted by atomic mass is 19.2. The van der Waals surface area contributed by atoms with Crippen molar-refractivity contribution in [3.8, 4) is 11.5 Å². The van der Waals surface area contributed by atoms with E-state index in [0.29, 0.717) is 24.5 Å². The molecule has 2 unspecified atom stereocenters. The highest BCUT2D eigenvalue weighted by molar-refractivity contribution is 5.81. The lowest BCUT2D eigenvalue weighted by Gasteiger charge is -2.41. The summed E-state index contributed by atoms with van der Waals surface area (Å²) in [7, 11) is 3.07. The predicted molar refractivity (Wildman–Crippen MR) is 126 cm³/mol. The molecule has 4 rings (SSSR count). The molecule has 5 nitrogen and oxygen atoms in total. The van der Waals surface area contributed by atoms with E-state index in [1.807, 2.05) is 47.4 Å². The van der Waals surface area contributed by atoms with Gasteiger partial charge in [-0.2, -0.15) is 0 Å². The van der Waals surface area contributed by atoms with Gasteiger partial charge in [-0.25, -0.2) is 13.2 Å². The maximum absolute atomic E-state index is 14.4. The van der Waals surface area contributed by atoms with Gasteiger partial charge in [-0.05, 0) is 60.2 Å². The summed E-state index contributed by atoms with van der Waals surface area (Å²) in [4.78, 5) is 14.6. The molecule has 1 amide bonds. The number of rotatable bonds is 8. The minimum Gasteiger partial charge on any atom is -0.493 e. The van der Waals surface area contributed by atoms with Gasteiger partial charge in [0.05, 0.1) is 14.2 Å². The summed E-state index contributed by atoms with van der Waals surface area (Å²) in [5, 5.41) is 0. The molecule has 0 spiro atoms. The highest BCUT2D eigenvalue weighted by Crippen LogP contribution is 2.43. The number of hydrogen-bond acceptors (Lipinski definition) is 4. The van der Waals surface area contributed by atoms with E-state index in [9.17, 15) is 18.0 Å². The van der Waals surface area contributed by atoms with Crippen LogP contribution in [0.5, 0.6) is 11.5 Å². The van der Waals surface area contributed by atoms with Crippen LogP contribution in [0, 0.1) is 17.5 Å². The van der Waals surface area contributed by atoms with Gasteiger partial charge in [0.15, 0.2) is 23.1 Å². The summed E-state index contributed by atoms with van der Waals surface area (Å²) >= 11 is 0. The average Bonchev–Trinajstić information content (AvgIpc) is 2.86. The van der Waals surface area contributed by atoms with Crippen LogP contribution in [-0.4, -0.2) is 31.6 Å². The van der Waals surface area contributed by atoms with Crippen molar-refractivity contribution < 1.29 is 27.4 Å². The third-order valence-electron chi connectivity index (χ3n) is 6.57. The van der Waals surface area contributed by atoms with E-state index < -0.39 is 35.4 Å². The summed E-state index contributed by atoms with van der Waals surface area (Å²) in [6.07, 6.45) is 0.743. The Kier molecular flexibility index (Phi) is 7.31. The SMILES string of the molecule is COc1cc2c(cc1OC)C(CCc1c(F)ccc(F)c1F)N(C(C(N)=O)c1ccccc1)CC2. The van der Waals surface area contributed by atoms with Crippen LogP contribution in [-0.2, 0) is 17.6 Å². The lowest BCUT2D eigenvalue weighted by atomic mass is 9.86. The fraction of sp³-hybridized carbons (Fsp3) is 0.296. The standard InChI is InChI=1S/C27H27F3N2O3/c1-34-23-14-17-12-13-32(26(27(31)33)16-6-4-3-5-7-16)22(19(17)15-24(23)35-2)11-8-18-20(28)9-10-21(29)25(18)30/h3-7,9-10,14-15,22,26H,8,11-13H2,1-2H3,(H2,31,33). The second-order valence-corrected chi connectivity index (χ2v) is 8.49. The number of carbonyl (C=O) groups is 1. The van der Waals surface area contributed by atoms with Crippen LogP contribution in [0.15, 0.2) is 54.6 Å². The third kappa shape index (κ3) is 4.84. The lowest BCUT2D eigenvalue weighted by molar-refractivity contribution is -0.124. The minimum atomic E-state index is -1.20. The lowest BCUT2D eigenvalue weighted by Crippen LogP contribution is -2.44. The first kappa shape index (κ1) is 24.6. The first-order valence-corrected chi connectivity index (χ1v) is 11.3. The Balaban J connectivity index is 1.79. The van der Waals surface area contributed by atoms with Crippen LogP contribution in [0.1, 0.15) is 40.8 Å². The van der Waals surface area contributed by atoms with Crippen LogP contribution in [0.4, 0.5) is 13.2 Å². The number of benzene rings is 3.